The number of amides is 2. The summed E-state index contributed by atoms with van der Waals surface area (Å²) >= 11 is 0. The van der Waals surface area contributed by atoms with Gasteiger partial charge in [-0.05, 0) is 43.2 Å². The van der Waals surface area contributed by atoms with Gasteiger partial charge in [0.1, 0.15) is 0 Å². The zero-order chi connectivity index (χ0) is 18.1. The van der Waals surface area contributed by atoms with Gasteiger partial charge in [0, 0.05) is 24.2 Å². The van der Waals surface area contributed by atoms with E-state index in [1.807, 2.05) is 0 Å². The summed E-state index contributed by atoms with van der Waals surface area (Å²) in [4.78, 5) is 24.6. The number of hydrogen-bond acceptors (Lipinski definition) is 5. The Morgan fingerprint density at radius 3 is 2.69 bits per heavy atom. The van der Waals surface area contributed by atoms with Crippen LogP contribution in [0.4, 0.5) is 10.5 Å². The van der Waals surface area contributed by atoms with Gasteiger partial charge in [0.05, 0.1) is 26.2 Å². The summed E-state index contributed by atoms with van der Waals surface area (Å²) in [5.41, 5.74) is 0.629. The van der Waals surface area contributed by atoms with Crippen LogP contribution in [0.1, 0.15) is 25.7 Å². The van der Waals surface area contributed by atoms with Crippen molar-refractivity contribution in [1.29, 1.82) is 0 Å². The molecular weight excluding hydrogens is 336 g/mol. The molecule has 4 atom stereocenters. The molecule has 2 N–H and O–H groups in total. The van der Waals surface area contributed by atoms with Gasteiger partial charge >= 0.3 is 12.0 Å². The highest BCUT2D eigenvalue weighted by Gasteiger charge is 2.52. The van der Waals surface area contributed by atoms with E-state index >= 15 is 0 Å². The summed E-state index contributed by atoms with van der Waals surface area (Å²) in [6.07, 6.45) is 3.89. The SMILES string of the molecule is COC(=O)[C@@H]1[C@H]2CC[C@@H](C2)[C@H]1NC(=O)Nc1ccc2c(c1)OCCCO2. The highest BCUT2D eigenvalue weighted by molar-refractivity contribution is 5.90. The van der Waals surface area contributed by atoms with Gasteiger partial charge in [-0.25, -0.2) is 4.79 Å². The van der Waals surface area contributed by atoms with Crippen LogP contribution in [0.5, 0.6) is 11.5 Å². The van der Waals surface area contributed by atoms with Gasteiger partial charge in [-0.2, -0.15) is 0 Å². The number of benzene rings is 1. The topological polar surface area (TPSA) is 85.9 Å². The Labute approximate surface area is 152 Å². The molecule has 1 heterocycles. The lowest BCUT2D eigenvalue weighted by atomic mass is 9.84. The van der Waals surface area contributed by atoms with Crippen LogP contribution in [-0.4, -0.2) is 38.4 Å². The summed E-state index contributed by atoms with van der Waals surface area (Å²) in [5.74, 6) is 1.51. The Kier molecular flexibility index (Phi) is 4.61. The van der Waals surface area contributed by atoms with Crippen molar-refractivity contribution in [3.05, 3.63) is 18.2 Å². The molecule has 2 amide bonds. The molecule has 7 heteroatoms. The number of anilines is 1. The van der Waals surface area contributed by atoms with Gasteiger partial charge in [-0.1, -0.05) is 0 Å². The lowest BCUT2D eigenvalue weighted by molar-refractivity contribution is -0.148. The second-order valence-electron chi connectivity index (χ2n) is 7.22. The second kappa shape index (κ2) is 7.05. The van der Waals surface area contributed by atoms with Crippen LogP contribution >= 0.6 is 0 Å². The Balaban J connectivity index is 1.42. The zero-order valence-electron chi connectivity index (χ0n) is 14.8. The van der Waals surface area contributed by atoms with E-state index < -0.39 is 0 Å². The van der Waals surface area contributed by atoms with Crippen LogP contribution in [0.2, 0.25) is 0 Å². The number of urea groups is 1. The van der Waals surface area contributed by atoms with Crippen LogP contribution in [0, 0.1) is 17.8 Å². The first kappa shape index (κ1) is 17.0. The molecule has 7 nitrogen and oxygen atoms in total. The third kappa shape index (κ3) is 3.18. The van der Waals surface area contributed by atoms with Crippen molar-refractivity contribution in [3.8, 4) is 11.5 Å². The van der Waals surface area contributed by atoms with Crippen molar-refractivity contribution in [2.75, 3.05) is 25.6 Å². The fourth-order valence-corrected chi connectivity index (χ4v) is 4.53. The molecule has 2 fully saturated rings. The molecule has 26 heavy (non-hydrogen) atoms. The molecule has 4 rings (SSSR count). The zero-order valence-corrected chi connectivity index (χ0v) is 14.8. The summed E-state index contributed by atoms with van der Waals surface area (Å²) in [6.45, 7) is 1.22. The fraction of sp³-hybridized carbons (Fsp3) is 0.579. The van der Waals surface area contributed by atoms with Gasteiger partial charge in [-0.3, -0.25) is 4.79 Å². The summed E-state index contributed by atoms with van der Waals surface area (Å²) in [6, 6.07) is 4.86. The highest BCUT2D eigenvalue weighted by Crippen LogP contribution is 2.49. The normalized spacial score (nSPS) is 29.0. The molecule has 2 saturated carbocycles. The standard InChI is InChI=1S/C19H24N2O5/c1-24-18(22)16-11-3-4-12(9-11)17(16)21-19(23)20-13-5-6-14-15(10-13)26-8-2-7-25-14/h5-6,10-12,16-17H,2-4,7-9H2,1H3,(H2,20,21,23)/t11-,12-,16+,17+/m0/s1. The molecule has 0 spiro atoms. The molecule has 140 valence electrons. The number of ether oxygens (including phenoxy) is 3. The first-order valence-corrected chi connectivity index (χ1v) is 9.20. The summed E-state index contributed by atoms with van der Waals surface area (Å²) in [7, 11) is 1.41. The maximum Gasteiger partial charge on any atom is 0.319 e. The molecule has 2 bridgehead atoms. The molecule has 1 aromatic rings. The Morgan fingerprint density at radius 2 is 1.88 bits per heavy atom. The van der Waals surface area contributed by atoms with Crippen LogP contribution < -0.4 is 20.1 Å². The van der Waals surface area contributed by atoms with Crippen molar-refractivity contribution in [2.24, 2.45) is 17.8 Å². The Morgan fingerprint density at radius 1 is 1.12 bits per heavy atom. The van der Waals surface area contributed by atoms with E-state index in [1.54, 1.807) is 18.2 Å². The van der Waals surface area contributed by atoms with E-state index in [-0.39, 0.29) is 24.0 Å². The predicted octanol–water partition coefficient (Wildman–Crippen LogP) is 2.56. The number of hydrogen-bond donors (Lipinski definition) is 2. The average Bonchev–Trinajstić information content (AvgIpc) is 3.15. The minimum absolute atomic E-state index is 0.165. The third-order valence-electron chi connectivity index (χ3n) is 5.69. The smallest absolute Gasteiger partial charge is 0.319 e. The molecule has 0 radical (unpaired) electrons. The molecule has 3 aliphatic rings. The molecule has 0 unspecified atom stereocenters. The van der Waals surface area contributed by atoms with Crippen molar-refractivity contribution >= 4 is 17.7 Å². The van der Waals surface area contributed by atoms with E-state index in [0.29, 0.717) is 42.2 Å². The summed E-state index contributed by atoms with van der Waals surface area (Å²) in [5, 5.41) is 5.83. The highest BCUT2D eigenvalue weighted by atomic mass is 16.5. The fourth-order valence-electron chi connectivity index (χ4n) is 4.53. The number of esters is 1. The number of fused-ring (bicyclic) bond motifs is 3. The molecule has 1 aliphatic heterocycles. The molecule has 2 aliphatic carbocycles. The quantitative estimate of drug-likeness (QED) is 0.809. The van der Waals surface area contributed by atoms with E-state index in [4.69, 9.17) is 14.2 Å². The van der Waals surface area contributed by atoms with Crippen LogP contribution in [0.25, 0.3) is 0 Å². The number of rotatable bonds is 3. The van der Waals surface area contributed by atoms with Crippen molar-refractivity contribution in [2.45, 2.75) is 31.7 Å². The second-order valence-corrected chi connectivity index (χ2v) is 7.22. The third-order valence-corrected chi connectivity index (χ3v) is 5.69. The van der Waals surface area contributed by atoms with E-state index in [9.17, 15) is 9.59 Å². The van der Waals surface area contributed by atoms with Gasteiger partial charge in [0.2, 0.25) is 0 Å². The van der Waals surface area contributed by atoms with Crippen molar-refractivity contribution in [1.82, 2.24) is 5.32 Å². The van der Waals surface area contributed by atoms with Gasteiger partial charge in [-0.15, -0.1) is 0 Å². The van der Waals surface area contributed by atoms with Crippen molar-refractivity contribution < 1.29 is 23.8 Å². The molecule has 1 aromatic carbocycles. The first-order chi connectivity index (χ1) is 12.7. The number of nitrogens with one attached hydrogen (secondary N) is 2. The predicted molar refractivity (Wildman–Crippen MR) is 94.3 cm³/mol. The van der Waals surface area contributed by atoms with Gasteiger partial charge < -0.3 is 24.8 Å². The molecular formula is C19H24N2O5. The Hall–Kier alpha value is -2.44. The van der Waals surface area contributed by atoms with Crippen molar-refractivity contribution in [3.63, 3.8) is 0 Å². The molecule has 0 aromatic heterocycles. The van der Waals surface area contributed by atoms with E-state index in [1.165, 1.54) is 7.11 Å². The minimum atomic E-state index is -0.314. The number of carbonyl (C=O) groups excluding carboxylic acids is 2. The van der Waals surface area contributed by atoms with Crippen LogP contribution in [-0.2, 0) is 9.53 Å². The number of carbonyl (C=O) groups is 2. The van der Waals surface area contributed by atoms with E-state index in [2.05, 4.69) is 10.6 Å². The summed E-state index contributed by atoms with van der Waals surface area (Å²) < 4.78 is 16.2. The molecule has 0 saturated heterocycles. The monoisotopic (exact) mass is 360 g/mol. The maximum absolute atomic E-state index is 12.5. The Bertz CT molecular complexity index is 707. The van der Waals surface area contributed by atoms with E-state index in [0.717, 1.165) is 25.7 Å². The average molecular weight is 360 g/mol. The lowest BCUT2D eigenvalue weighted by Gasteiger charge is -2.29. The maximum atomic E-state index is 12.5. The van der Waals surface area contributed by atoms with Gasteiger partial charge in [0.25, 0.3) is 0 Å². The number of methoxy groups -OCH3 is 1. The van der Waals surface area contributed by atoms with Crippen LogP contribution in [0.3, 0.4) is 0 Å². The minimum Gasteiger partial charge on any atom is -0.490 e. The van der Waals surface area contributed by atoms with Crippen LogP contribution in [0.15, 0.2) is 18.2 Å². The largest absolute Gasteiger partial charge is 0.490 e. The van der Waals surface area contributed by atoms with Gasteiger partial charge in [0.15, 0.2) is 11.5 Å². The first-order valence-electron chi connectivity index (χ1n) is 9.20. The lowest BCUT2D eigenvalue weighted by Crippen LogP contribution is -2.48.